The van der Waals surface area contributed by atoms with E-state index in [4.69, 9.17) is 0 Å². The van der Waals surface area contributed by atoms with E-state index in [-0.39, 0.29) is 0 Å². The third-order valence-corrected chi connectivity index (χ3v) is 3.33. The number of hydrogen-bond acceptors (Lipinski definition) is 3. The molecule has 2 aromatic heterocycles. The Morgan fingerprint density at radius 3 is 2.71 bits per heavy atom. The van der Waals surface area contributed by atoms with E-state index < -0.39 is 0 Å². The fourth-order valence-corrected chi connectivity index (χ4v) is 2.27. The lowest BCUT2D eigenvalue weighted by Crippen LogP contribution is -2.19. The fraction of sp³-hybridized carbons (Fsp3) is 0.176. The SMILES string of the molecule is c1ccc(-c2nccn2CCNCc2cccnc2)cc1. The van der Waals surface area contributed by atoms with Gasteiger partial charge in [0.2, 0.25) is 0 Å². The van der Waals surface area contributed by atoms with Crippen LogP contribution in [0.4, 0.5) is 0 Å². The Bertz CT molecular complexity index is 662. The summed E-state index contributed by atoms with van der Waals surface area (Å²) < 4.78 is 2.17. The minimum Gasteiger partial charge on any atom is -0.330 e. The fourth-order valence-electron chi connectivity index (χ4n) is 2.27. The van der Waals surface area contributed by atoms with E-state index in [1.54, 1.807) is 6.20 Å². The van der Waals surface area contributed by atoms with Crippen LogP contribution in [0.15, 0.2) is 67.3 Å². The number of pyridine rings is 1. The van der Waals surface area contributed by atoms with E-state index in [1.165, 1.54) is 5.56 Å². The van der Waals surface area contributed by atoms with Crippen LogP contribution in [0.2, 0.25) is 0 Å². The second-order valence-corrected chi connectivity index (χ2v) is 4.85. The Balaban J connectivity index is 1.56. The molecule has 3 rings (SSSR count). The monoisotopic (exact) mass is 278 g/mol. The molecule has 1 aromatic carbocycles. The minimum atomic E-state index is 0.837. The van der Waals surface area contributed by atoms with Crippen molar-refractivity contribution in [3.63, 3.8) is 0 Å². The third-order valence-electron chi connectivity index (χ3n) is 3.33. The smallest absolute Gasteiger partial charge is 0.139 e. The van der Waals surface area contributed by atoms with Gasteiger partial charge in [0.15, 0.2) is 0 Å². The third kappa shape index (κ3) is 3.55. The maximum Gasteiger partial charge on any atom is 0.139 e. The number of imidazole rings is 1. The van der Waals surface area contributed by atoms with Crippen molar-refractivity contribution in [2.24, 2.45) is 0 Å². The molecule has 0 saturated carbocycles. The number of nitrogens with one attached hydrogen (secondary N) is 1. The summed E-state index contributed by atoms with van der Waals surface area (Å²) in [6, 6.07) is 14.3. The van der Waals surface area contributed by atoms with E-state index in [0.717, 1.165) is 31.0 Å². The summed E-state index contributed by atoms with van der Waals surface area (Å²) in [6.07, 6.45) is 7.55. The highest BCUT2D eigenvalue weighted by Crippen LogP contribution is 2.16. The van der Waals surface area contributed by atoms with Crippen LogP contribution in [-0.4, -0.2) is 21.1 Å². The van der Waals surface area contributed by atoms with E-state index in [0.29, 0.717) is 0 Å². The van der Waals surface area contributed by atoms with E-state index in [9.17, 15) is 0 Å². The Labute approximate surface area is 124 Å². The van der Waals surface area contributed by atoms with Crippen molar-refractivity contribution in [3.8, 4) is 11.4 Å². The van der Waals surface area contributed by atoms with Crippen molar-refractivity contribution in [3.05, 3.63) is 72.8 Å². The molecule has 1 N–H and O–H groups in total. The number of nitrogens with zero attached hydrogens (tertiary/aromatic N) is 3. The van der Waals surface area contributed by atoms with Crippen LogP contribution in [-0.2, 0) is 13.1 Å². The molecule has 106 valence electrons. The molecule has 0 aliphatic carbocycles. The highest BCUT2D eigenvalue weighted by Gasteiger charge is 2.04. The molecule has 0 spiro atoms. The van der Waals surface area contributed by atoms with Crippen LogP contribution >= 0.6 is 0 Å². The zero-order valence-electron chi connectivity index (χ0n) is 11.8. The molecule has 0 aliphatic heterocycles. The number of rotatable bonds is 6. The van der Waals surface area contributed by atoms with Gasteiger partial charge in [0.25, 0.3) is 0 Å². The van der Waals surface area contributed by atoms with Crippen molar-refractivity contribution in [1.82, 2.24) is 19.9 Å². The van der Waals surface area contributed by atoms with Gasteiger partial charge in [0, 0.05) is 50.0 Å². The molecule has 0 fully saturated rings. The van der Waals surface area contributed by atoms with Crippen molar-refractivity contribution < 1.29 is 0 Å². The Morgan fingerprint density at radius 2 is 1.90 bits per heavy atom. The van der Waals surface area contributed by atoms with Crippen LogP contribution in [0.25, 0.3) is 11.4 Å². The van der Waals surface area contributed by atoms with Crippen LogP contribution in [0.3, 0.4) is 0 Å². The predicted molar refractivity (Wildman–Crippen MR) is 83.6 cm³/mol. The topological polar surface area (TPSA) is 42.7 Å². The highest BCUT2D eigenvalue weighted by molar-refractivity contribution is 5.55. The first-order chi connectivity index (χ1) is 10.4. The number of benzene rings is 1. The number of aromatic nitrogens is 3. The van der Waals surface area contributed by atoms with Crippen molar-refractivity contribution in [2.45, 2.75) is 13.1 Å². The van der Waals surface area contributed by atoms with Gasteiger partial charge in [-0.15, -0.1) is 0 Å². The minimum absolute atomic E-state index is 0.837. The molecule has 0 saturated heterocycles. The number of hydrogen-bond donors (Lipinski definition) is 1. The van der Waals surface area contributed by atoms with Gasteiger partial charge >= 0.3 is 0 Å². The van der Waals surface area contributed by atoms with Crippen molar-refractivity contribution in [1.29, 1.82) is 0 Å². The first kappa shape index (κ1) is 13.5. The summed E-state index contributed by atoms with van der Waals surface area (Å²) in [4.78, 5) is 8.56. The van der Waals surface area contributed by atoms with Gasteiger partial charge in [-0.3, -0.25) is 4.98 Å². The van der Waals surface area contributed by atoms with Gasteiger partial charge in [-0.05, 0) is 11.6 Å². The Hall–Kier alpha value is -2.46. The van der Waals surface area contributed by atoms with Crippen LogP contribution in [0.5, 0.6) is 0 Å². The molecule has 0 bridgehead atoms. The molecule has 0 aliphatic rings. The summed E-state index contributed by atoms with van der Waals surface area (Å²) in [5, 5.41) is 3.43. The zero-order chi connectivity index (χ0) is 14.3. The summed E-state index contributed by atoms with van der Waals surface area (Å²) in [6.45, 7) is 2.62. The van der Waals surface area contributed by atoms with Crippen molar-refractivity contribution >= 4 is 0 Å². The Morgan fingerprint density at radius 1 is 1.00 bits per heavy atom. The van der Waals surface area contributed by atoms with Crippen LogP contribution in [0.1, 0.15) is 5.56 Å². The second-order valence-electron chi connectivity index (χ2n) is 4.85. The second kappa shape index (κ2) is 6.81. The highest BCUT2D eigenvalue weighted by atomic mass is 15.1. The van der Waals surface area contributed by atoms with Crippen molar-refractivity contribution in [2.75, 3.05) is 6.54 Å². The van der Waals surface area contributed by atoms with Gasteiger partial charge in [-0.25, -0.2) is 4.98 Å². The molecule has 0 atom stereocenters. The predicted octanol–water partition coefficient (Wildman–Crippen LogP) is 2.73. The van der Waals surface area contributed by atoms with Crippen LogP contribution in [0, 0.1) is 0 Å². The average Bonchev–Trinajstić information content (AvgIpc) is 3.02. The lowest BCUT2D eigenvalue weighted by molar-refractivity contribution is 0.600. The lowest BCUT2D eigenvalue weighted by Gasteiger charge is -2.09. The van der Waals surface area contributed by atoms with E-state index in [2.05, 4.69) is 38.1 Å². The van der Waals surface area contributed by atoms with Gasteiger partial charge in [0.05, 0.1) is 0 Å². The summed E-state index contributed by atoms with van der Waals surface area (Å²) in [5.74, 6) is 1.01. The maximum atomic E-state index is 4.45. The molecule has 4 nitrogen and oxygen atoms in total. The quantitative estimate of drug-likeness (QED) is 0.705. The van der Waals surface area contributed by atoms with E-state index in [1.807, 2.05) is 42.9 Å². The van der Waals surface area contributed by atoms with Gasteiger partial charge in [0.1, 0.15) is 5.82 Å². The summed E-state index contributed by atoms with van der Waals surface area (Å²) in [7, 11) is 0. The van der Waals surface area contributed by atoms with E-state index >= 15 is 0 Å². The average molecular weight is 278 g/mol. The normalized spacial score (nSPS) is 10.7. The van der Waals surface area contributed by atoms with Gasteiger partial charge in [-0.2, -0.15) is 0 Å². The molecule has 2 heterocycles. The molecule has 4 heteroatoms. The largest absolute Gasteiger partial charge is 0.330 e. The standard InChI is InChI=1S/C17H18N4/c1-2-6-16(7-3-1)17-20-10-12-21(17)11-9-19-14-15-5-4-8-18-13-15/h1-8,10,12-13,19H,9,11,14H2. The molecular weight excluding hydrogens is 260 g/mol. The molecule has 0 unspecified atom stereocenters. The molecule has 0 radical (unpaired) electrons. The summed E-state index contributed by atoms with van der Waals surface area (Å²) in [5.41, 5.74) is 2.35. The molecule has 21 heavy (non-hydrogen) atoms. The summed E-state index contributed by atoms with van der Waals surface area (Å²) >= 11 is 0. The molecule has 0 amide bonds. The first-order valence-electron chi connectivity index (χ1n) is 7.09. The van der Waals surface area contributed by atoms with Gasteiger partial charge in [-0.1, -0.05) is 36.4 Å². The molecule has 3 aromatic rings. The lowest BCUT2D eigenvalue weighted by atomic mass is 10.2. The first-order valence-corrected chi connectivity index (χ1v) is 7.09. The van der Waals surface area contributed by atoms with Crippen LogP contribution < -0.4 is 5.32 Å². The maximum absolute atomic E-state index is 4.45. The molecular formula is C17H18N4. The van der Waals surface area contributed by atoms with Gasteiger partial charge < -0.3 is 9.88 Å². The Kier molecular flexibility index (Phi) is 4.39. The zero-order valence-corrected chi connectivity index (χ0v) is 11.8.